The van der Waals surface area contributed by atoms with E-state index in [0.29, 0.717) is 21.5 Å². The van der Waals surface area contributed by atoms with Crippen LogP contribution in [0.3, 0.4) is 0 Å². The number of nitrogens with one attached hydrogen (secondary N) is 1. The molecule has 0 bridgehead atoms. The zero-order valence-electron chi connectivity index (χ0n) is 13.6. The van der Waals surface area contributed by atoms with Crippen LogP contribution in [0.5, 0.6) is 5.75 Å². The van der Waals surface area contributed by atoms with Crippen LogP contribution >= 0.6 is 15.9 Å². The third-order valence-electron chi connectivity index (χ3n) is 3.36. The van der Waals surface area contributed by atoms with Gasteiger partial charge in [-0.3, -0.25) is 4.79 Å². The third kappa shape index (κ3) is 4.58. The summed E-state index contributed by atoms with van der Waals surface area (Å²) in [5.74, 6) is -0.360. The molecule has 0 fully saturated rings. The van der Waals surface area contributed by atoms with Gasteiger partial charge in [-0.1, -0.05) is 17.7 Å². The number of esters is 1. The highest BCUT2D eigenvalue weighted by molar-refractivity contribution is 9.10. The maximum Gasteiger partial charge on any atom is 0.338 e. The van der Waals surface area contributed by atoms with Gasteiger partial charge in [-0.25, -0.2) is 4.79 Å². The summed E-state index contributed by atoms with van der Waals surface area (Å²) >= 11 is 3.31. The van der Waals surface area contributed by atoms with Gasteiger partial charge in [0.05, 0.1) is 17.1 Å². The molecule has 1 N–H and O–H groups in total. The van der Waals surface area contributed by atoms with E-state index in [2.05, 4.69) is 21.2 Å². The lowest BCUT2D eigenvalue weighted by Crippen LogP contribution is -2.30. The van der Waals surface area contributed by atoms with Crippen LogP contribution in [0.4, 0.5) is 5.69 Å². The Morgan fingerprint density at radius 2 is 1.79 bits per heavy atom. The number of carbonyl (C=O) groups is 2. The molecule has 0 spiro atoms. The molecule has 0 aliphatic carbocycles. The first kappa shape index (κ1) is 18.0. The average Bonchev–Trinajstić information content (AvgIpc) is 2.56. The van der Waals surface area contributed by atoms with Crippen molar-refractivity contribution in [2.75, 3.05) is 12.4 Å². The smallest absolute Gasteiger partial charge is 0.338 e. The van der Waals surface area contributed by atoms with E-state index < -0.39 is 12.1 Å². The minimum absolute atomic E-state index is 0.331. The fourth-order valence-corrected chi connectivity index (χ4v) is 2.50. The number of aryl methyl sites for hydroxylation is 1. The molecule has 0 aromatic heterocycles. The van der Waals surface area contributed by atoms with E-state index in [4.69, 9.17) is 9.47 Å². The predicted octanol–water partition coefficient (Wildman–Crippen LogP) is 3.95. The minimum atomic E-state index is -0.917. The second kappa shape index (κ2) is 7.97. The van der Waals surface area contributed by atoms with Crippen LogP contribution in [-0.2, 0) is 9.53 Å². The Morgan fingerprint density at radius 1 is 1.12 bits per heavy atom. The molecule has 0 saturated carbocycles. The normalized spacial score (nSPS) is 11.5. The van der Waals surface area contributed by atoms with Crippen molar-refractivity contribution in [3.05, 3.63) is 58.1 Å². The maximum absolute atomic E-state index is 12.1. The summed E-state index contributed by atoms with van der Waals surface area (Å²) in [6, 6.07) is 12.2. The molecule has 2 aromatic carbocycles. The molecule has 0 aliphatic rings. The quantitative estimate of drug-likeness (QED) is 0.783. The Labute approximate surface area is 149 Å². The standard InChI is InChI=1S/C18H18BrNO4/c1-11-4-7-14(8-5-11)20-17(21)12(2)24-18(22)13-6-9-16(23-3)15(19)10-13/h4-10,12H,1-3H3,(H,20,21)/t12-/m1/s1. The fraction of sp³-hybridized carbons (Fsp3) is 0.222. The van der Waals surface area contributed by atoms with Gasteiger partial charge in [-0.15, -0.1) is 0 Å². The van der Waals surface area contributed by atoms with E-state index in [1.807, 2.05) is 19.1 Å². The summed E-state index contributed by atoms with van der Waals surface area (Å²) in [5.41, 5.74) is 2.08. The number of ether oxygens (including phenoxy) is 2. The number of amides is 1. The number of methoxy groups -OCH3 is 1. The first-order valence-corrected chi connectivity index (χ1v) is 8.12. The van der Waals surface area contributed by atoms with Crippen molar-refractivity contribution in [2.24, 2.45) is 0 Å². The van der Waals surface area contributed by atoms with Gasteiger partial charge in [-0.2, -0.15) is 0 Å². The maximum atomic E-state index is 12.1. The second-order valence-electron chi connectivity index (χ2n) is 5.25. The lowest BCUT2D eigenvalue weighted by Gasteiger charge is -2.14. The van der Waals surface area contributed by atoms with Gasteiger partial charge in [0, 0.05) is 5.69 Å². The number of halogens is 1. The molecule has 0 unspecified atom stereocenters. The lowest BCUT2D eigenvalue weighted by molar-refractivity contribution is -0.123. The number of anilines is 1. The Bertz CT molecular complexity index is 743. The summed E-state index contributed by atoms with van der Waals surface area (Å²) < 4.78 is 11.0. The zero-order chi connectivity index (χ0) is 17.7. The number of hydrogen-bond acceptors (Lipinski definition) is 4. The topological polar surface area (TPSA) is 64.6 Å². The van der Waals surface area contributed by atoms with Gasteiger partial charge in [0.25, 0.3) is 5.91 Å². The highest BCUT2D eigenvalue weighted by Crippen LogP contribution is 2.26. The number of hydrogen-bond donors (Lipinski definition) is 1. The monoisotopic (exact) mass is 391 g/mol. The summed E-state index contributed by atoms with van der Waals surface area (Å²) in [7, 11) is 1.54. The molecule has 6 heteroatoms. The Balaban J connectivity index is 1.98. The van der Waals surface area contributed by atoms with Gasteiger partial charge in [0.1, 0.15) is 5.75 Å². The zero-order valence-corrected chi connectivity index (χ0v) is 15.2. The van der Waals surface area contributed by atoms with Crippen molar-refractivity contribution < 1.29 is 19.1 Å². The number of carbonyl (C=O) groups excluding carboxylic acids is 2. The molecule has 5 nitrogen and oxygen atoms in total. The SMILES string of the molecule is COc1ccc(C(=O)O[C@H](C)C(=O)Nc2ccc(C)cc2)cc1Br. The first-order chi connectivity index (χ1) is 11.4. The summed E-state index contributed by atoms with van der Waals surface area (Å²) in [4.78, 5) is 24.3. The molecule has 0 aliphatic heterocycles. The molecule has 2 aromatic rings. The average molecular weight is 392 g/mol. The van der Waals surface area contributed by atoms with Crippen molar-refractivity contribution >= 4 is 33.5 Å². The largest absolute Gasteiger partial charge is 0.496 e. The molecule has 1 amide bonds. The van der Waals surface area contributed by atoms with Gasteiger partial charge in [0.15, 0.2) is 6.10 Å². The molecule has 0 radical (unpaired) electrons. The molecular formula is C18H18BrNO4. The van der Waals surface area contributed by atoms with Crippen LogP contribution in [0, 0.1) is 6.92 Å². The van der Waals surface area contributed by atoms with Crippen LogP contribution < -0.4 is 10.1 Å². The van der Waals surface area contributed by atoms with Crippen LogP contribution in [0.25, 0.3) is 0 Å². The van der Waals surface area contributed by atoms with E-state index >= 15 is 0 Å². The van der Waals surface area contributed by atoms with Crippen molar-refractivity contribution in [3.8, 4) is 5.75 Å². The van der Waals surface area contributed by atoms with E-state index in [1.165, 1.54) is 14.0 Å². The predicted molar refractivity (Wildman–Crippen MR) is 95.4 cm³/mol. The summed E-state index contributed by atoms with van der Waals surface area (Å²) in [6.45, 7) is 3.49. The van der Waals surface area contributed by atoms with Crippen molar-refractivity contribution in [2.45, 2.75) is 20.0 Å². The van der Waals surface area contributed by atoms with Crippen LogP contribution in [0.1, 0.15) is 22.8 Å². The van der Waals surface area contributed by atoms with Gasteiger partial charge >= 0.3 is 5.97 Å². The molecule has 0 heterocycles. The van der Waals surface area contributed by atoms with Crippen LogP contribution in [0.15, 0.2) is 46.9 Å². The molecule has 1 atom stereocenters. The van der Waals surface area contributed by atoms with E-state index in [9.17, 15) is 9.59 Å². The summed E-state index contributed by atoms with van der Waals surface area (Å²) in [6.07, 6.45) is -0.917. The van der Waals surface area contributed by atoms with Crippen molar-refractivity contribution in [1.82, 2.24) is 0 Å². The molecular weight excluding hydrogens is 374 g/mol. The van der Waals surface area contributed by atoms with Gasteiger partial charge < -0.3 is 14.8 Å². The van der Waals surface area contributed by atoms with E-state index in [-0.39, 0.29) is 5.91 Å². The minimum Gasteiger partial charge on any atom is -0.496 e. The van der Waals surface area contributed by atoms with Gasteiger partial charge in [0.2, 0.25) is 0 Å². The molecule has 0 saturated heterocycles. The highest BCUT2D eigenvalue weighted by Gasteiger charge is 2.19. The van der Waals surface area contributed by atoms with Gasteiger partial charge in [-0.05, 0) is 60.1 Å². The molecule has 126 valence electrons. The highest BCUT2D eigenvalue weighted by atomic mass is 79.9. The van der Waals surface area contributed by atoms with Crippen molar-refractivity contribution in [3.63, 3.8) is 0 Å². The fourth-order valence-electron chi connectivity index (χ4n) is 1.96. The molecule has 2 rings (SSSR count). The van der Waals surface area contributed by atoms with E-state index in [0.717, 1.165) is 5.56 Å². The second-order valence-corrected chi connectivity index (χ2v) is 6.11. The van der Waals surface area contributed by atoms with Crippen molar-refractivity contribution in [1.29, 1.82) is 0 Å². The Kier molecular flexibility index (Phi) is 5.98. The number of rotatable bonds is 5. The Hall–Kier alpha value is -2.34. The third-order valence-corrected chi connectivity index (χ3v) is 3.98. The van der Waals surface area contributed by atoms with Crippen LogP contribution in [-0.4, -0.2) is 25.1 Å². The van der Waals surface area contributed by atoms with Crippen LogP contribution in [0.2, 0.25) is 0 Å². The lowest BCUT2D eigenvalue weighted by atomic mass is 10.2. The molecule has 24 heavy (non-hydrogen) atoms. The van der Waals surface area contributed by atoms with E-state index in [1.54, 1.807) is 30.3 Å². The Morgan fingerprint density at radius 3 is 2.38 bits per heavy atom. The first-order valence-electron chi connectivity index (χ1n) is 7.32. The summed E-state index contributed by atoms with van der Waals surface area (Å²) in [5, 5.41) is 2.71. The number of benzene rings is 2.